The lowest BCUT2D eigenvalue weighted by atomic mass is 10.0. The summed E-state index contributed by atoms with van der Waals surface area (Å²) in [6, 6.07) is -0.938. The molecule has 0 aromatic heterocycles. The normalized spacial score (nSPS) is 29.3. The molecule has 0 aliphatic carbocycles. The molecule has 1 heterocycles. The van der Waals surface area contributed by atoms with Crippen molar-refractivity contribution in [2.75, 3.05) is 13.6 Å². The van der Waals surface area contributed by atoms with E-state index in [4.69, 9.17) is 5.11 Å². The van der Waals surface area contributed by atoms with Crippen LogP contribution < -0.4 is 4.72 Å². The van der Waals surface area contributed by atoms with E-state index in [2.05, 4.69) is 4.72 Å². The first-order valence-electron chi connectivity index (χ1n) is 4.33. The SMILES string of the molecule is CNS(=O)(=O)N1CCC(C)C1C(=O)O. The van der Waals surface area contributed by atoms with Gasteiger partial charge in [0.05, 0.1) is 0 Å². The van der Waals surface area contributed by atoms with E-state index in [0.29, 0.717) is 6.42 Å². The zero-order valence-electron chi connectivity index (χ0n) is 8.10. The van der Waals surface area contributed by atoms with Gasteiger partial charge in [0.1, 0.15) is 6.04 Å². The van der Waals surface area contributed by atoms with E-state index in [0.717, 1.165) is 4.31 Å². The minimum Gasteiger partial charge on any atom is -0.480 e. The van der Waals surface area contributed by atoms with Crippen molar-refractivity contribution in [1.29, 1.82) is 0 Å². The van der Waals surface area contributed by atoms with Gasteiger partial charge in [-0.05, 0) is 12.3 Å². The number of carbonyl (C=O) groups is 1. The summed E-state index contributed by atoms with van der Waals surface area (Å²) < 4.78 is 26.0. The Morgan fingerprint density at radius 2 is 2.14 bits per heavy atom. The van der Waals surface area contributed by atoms with Crippen molar-refractivity contribution in [1.82, 2.24) is 9.03 Å². The summed E-state index contributed by atoms with van der Waals surface area (Å²) in [5.74, 6) is -1.23. The monoisotopic (exact) mass is 222 g/mol. The van der Waals surface area contributed by atoms with Crippen LogP contribution in [-0.4, -0.2) is 43.4 Å². The highest BCUT2D eigenvalue weighted by molar-refractivity contribution is 7.87. The van der Waals surface area contributed by atoms with Gasteiger partial charge in [-0.2, -0.15) is 12.7 Å². The minimum absolute atomic E-state index is 0.143. The maximum atomic E-state index is 11.4. The fourth-order valence-corrected chi connectivity index (χ4v) is 2.84. The standard InChI is InChI=1S/C7H14N2O4S/c1-5-3-4-9(6(5)7(10)11)14(12,13)8-2/h5-6,8H,3-4H2,1-2H3,(H,10,11). The Morgan fingerprint density at radius 1 is 1.57 bits per heavy atom. The molecule has 1 aliphatic rings. The Morgan fingerprint density at radius 3 is 2.57 bits per heavy atom. The first-order valence-corrected chi connectivity index (χ1v) is 5.77. The summed E-state index contributed by atoms with van der Waals surface area (Å²) in [6.45, 7) is 2.01. The highest BCUT2D eigenvalue weighted by Gasteiger charge is 2.42. The molecule has 0 amide bonds. The molecule has 1 rings (SSSR count). The van der Waals surface area contributed by atoms with Gasteiger partial charge in [-0.1, -0.05) is 6.92 Å². The van der Waals surface area contributed by atoms with Crippen LogP contribution in [-0.2, 0) is 15.0 Å². The number of nitrogens with zero attached hydrogens (tertiary/aromatic N) is 1. The van der Waals surface area contributed by atoms with Crippen LogP contribution in [0.3, 0.4) is 0 Å². The molecule has 0 bridgehead atoms. The summed E-state index contributed by atoms with van der Waals surface area (Å²) in [6.07, 6.45) is 0.581. The Hall–Kier alpha value is -0.660. The van der Waals surface area contributed by atoms with E-state index < -0.39 is 22.2 Å². The predicted octanol–water partition coefficient (Wildman–Crippen LogP) is -0.754. The molecular weight excluding hydrogens is 208 g/mol. The number of aliphatic carboxylic acids is 1. The molecular formula is C7H14N2O4S. The zero-order valence-corrected chi connectivity index (χ0v) is 8.91. The molecule has 0 spiro atoms. The predicted molar refractivity (Wildman–Crippen MR) is 49.9 cm³/mol. The van der Waals surface area contributed by atoms with Crippen LogP contribution in [0.4, 0.5) is 0 Å². The lowest BCUT2D eigenvalue weighted by molar-refractivity contribution is -0.141. The molecule has 14 heavy (non-hydrogen) atoms. The van der Waals surface area contributed by atoms with E-state index in [1.165, 1.54) is 7.05 Å². The molecule has 0 saturated carbocycles. The third-order valence-electron chi connectivity index (χ3n) is 2.47. The largest absolute Gasteiger partial charge is 0.480 e. The van der Waals surface area contributed by atoms with E-state index in [1.54, 1.807) is 6.92 Å². The maximum absolute atomic E-state index is 11.4. The molecule has 6 nitrogen and oxygen atoms in total. The average molecular weight is 222 g/mol. The van der Waals surface area contributed by atoms with Gasteiger partial charge < -0.3 is 5.11 Å². The molecule has 1 fully saturated rings. The summed E-state index contributed by atoms with van der Waals surface area (Å²) in [5.41, 5.74) is 0. The number of nitrogens with one attached hydrogen (secondary N) is 1. The molecule has 2 unspecified atom stereocenters. The molecule has 2 N–H and O–H groups in total. The molecule has 0 aromatic carbocycles. The summed E-state index contributed by atoms with van der Waals surface area (Å²) in [4.78, 5) is 10.9. The van der Waals surface area contributed by atoms with Gasteiger partial charge in [-0.3, -0.25) is 4.79 Å². The molecule has 7 heteroatoms. The van der Waals surface area contributed by atoms with Crippen LogP contribution in [0.2, 0.25) is 0 Å². The molecule has 1 saturated heterocycles. The van der Waals surface area contributed by atoms with Crippen LogP contribution in [0, 0.1) is 5.92 Å². The van der Waals surface area contributed by atoms with Crippen LogP contribution >= 0.6 is 0 Å². The van der Waals surface area contributed by atoms with Crippen LogP contribution in [0.5, 0.6) is 0 Å². The van der Waals surface area contributed by atoms with Crippen molar-refractivity contribution < 1.29 is 18.3 Å². The Labute approximate surface area is 83.1 Å². The van der Waals surface area contributed by atoms with Gasteiger partial charge in [-0.25, -0.2) is 4.72 Å². The van der Waals surface area contributed by atoms with Gasteiger partial charge >= 0.3 is 5.97 Å². The van der Waals surface area contributed by atoms with Crippen molar-refractivity contribution in [3.05, 3.63) is 0 Å². The Bertz CT molecular complexity index is 327. The average Bonchev–Trinajstić information content (AvgIpc) is 2.47. The van der Waals surface area contributed by atoms with Crippen LogP contribution in [0.1, 0.15) is 13.3 Å². The van der Waals surface area contributed by atoms with Gasteiger partial charge in [0, 0.05) is 13.6 Å². The smallest absolute Gasteiger partial charge is 0.322 e. The lowest BCUT2D eigenvalue weighted by Gasteiger charge is -2.21. The second kappa shape index (κ2) is 3.84. The number of carboxylic acids is 1. The number of hydrogen-bond acceptors (Lipinski definition) is 3. The Kier molecular flexibility index (Phi) is 3.13. The lowest BCUT2D eigenvalue weighted by Crippen LogP contribution is -2.46. The first kappa shape index (κ1) is 11.4. The molecule has 1 aliphatic heterocycles. The fourth-order valence-electron chi connectivity index (χ4n) is 1.67. The maximum Gasteiger partial charge on any atom is 0.322 e. The van der Waals surface area contributed by atoms with E-state index in [-0.39, 0.29) is 12.5 Å². The summed E-state index contributed by atoms with van der Waals surface area (Å²) >= 11 is 0. The van der Waals surface area contributed by atoms with Gasteiger partial charge in [0.25, 0.3) is 10.2 Å². The highest BCUT2D eigenvalue weighted by Crippen LogP contribution is 2.25. The molecule has 0 radical (unpaired) electrons. The van der Waals surface area contributed by atoms with Gasteiger partial charge in [0.2, 0.25) is 0 Å². The number of rotatable bonds is 3. The number of carboxylic acid groups (broad SMARTS) is 1. The quantitative estimate of drug-likeness (QED) is 0.657. The minimum atomic E-state index is -3.62. The number of hydrogen-bond donors (Lipinski definition) is 2. The van der Waals surface area contributed by atoms with Crippen LogP contribution in [0.25, 0.3) is 0 Å². The van der Waals surface area contributed by atoms with E-state index >= 15 is 0 Å². The topological polar surface area (TPSA) is 86.7 Å². The molecule has 2 atom stereocenters. The zero-order chi connectivity index (χ0) is 10.9. The second-order valence-electron chi connectivity index (χ2n) is 3.37. The third-order valence-corrected chi connectivity index (χ3v) is 4.02. The molecule has 82 valence electrons. The molecule has 0 aromatic rings. The van der Waals surface area contributed by atoms with Crippen molar-refractivity contribution >= 4 is 16.2 Å². The van der Waals surface area contributed by atoms with Gasteiger partial charge in [0.15, 0.2) is 0 Å². The van der Waals surface area contributed by atoms with Crippen LogP contribution in [0.15, 0.2) is 0 Å². The van der Waals surface area contributed by atoms with Crippen molar-refractivity contribution in [3.63, 3.8) is 0 Å². The second-order valence-corrected chi connectivity index (χ2v) is 5.20. The fraction of sp³-hybridized carbons (Fsp3) is 0.857. The Balaban J connectivity index is 2.96. The first-order chi connectivity index (χ1) is 6.40. The highest BCUT2D eigenvalue weighted by atomic mass is 32.2. The van der Waals surface area contributed by atoms with E-state index in [9.17, 15) is 13.2 Å². The summed E-state index contributed by atoms with van der Waals surface area (Å²) in [5, 5.41) is 8.88. The van der Waals surface area contributed by atoms with Gasteiger partial charge in [-0.15, -0.1) is 0 Å². The van der Waals surface area contributed by atoms with Crippen molar-refractivity contribution in [2.24, 2.45) is 5.92 Å². The van der Waals surface area contributed by atoms with E-state index in [1.807, 2.05) is 0 Å². The third kappa shape index (κ3) is 1.89. The van der Waals surface area contributed by atoms with Crippen molar-refractivity contribution in [3.8, 4) is 0 Å². The van der Waals surface area contributed by atoms with Crippen molar-refractivity contribution in [2.45, 2.75) is 19.4 Å². The summed E-state index contributed by atoms with van der Waals surface area (Å²) in [7, 11) is -2.35.